The van der Waals surface area contributed by atoms with Crippen molar-refractivity contribution in [2.45, 2.75) is 18.9 Å². The molecule has 1 aromatic carbocycles. The molecule has 2 heteroatoms. The first-order valence-corrected chi connectivity index (χ1v) is 4.21. The molecule has 13 heavy (non-hydrogen) atoms. The standard InChI is InChI=1S/C11H13NO/c1-2-3-4-11(13)9-5-7-10(12)8-6-9/h1,5-8,11,13H,3-4,12H2. The Morgan fingerprint density at radius 2 is 2.00 bits per heavy atom. The van der Waals surface area contributed by atoms with Crippen molar-refractivity contribution in [3.8, 4) is 12.3 Å². The molecular weight excluding hydrogens is 162 g/mol. The molecule has 0 amide bonds. The van der Waals surface area contributed by atoms with E-state index in [9.17, 15) is 5.11 Å². The van der Waals surface area contributed by atoms with E-state index in [-0.39, 0.29) is 0 Å². The van der Waals surface area contributed by atoms with Crippen molar-refractivity contribution in [2.75, 3.05) is 5.73 Å². The fourth-order valence-corrected chi connectivity index (χ4v) is 1.10. The van der Waals surface area contributed by atoms with E-state index >= 15 is 0 Å². The molecule has 0 radical (unpaired) electrons. The Morgan fingerprint density at radius 1 is 1.38 bits per heavy atom. The number of hydrogen-bond acceptors (Lipinski definition) is 2. The largest absolute Gasteiger partial charge is 0.399 e. The molecule has 0 saturated heterocycles. The van der Waals surface area contributed by atoms with Crippen LogP contribution >= 0.6 is 0 Å². The maximum atomic E-state index is 9.61. The Hall–Kier alpha value is -1.46. The number of aliphatic hydroxyl groups is 1. The van der Waals surface area contributed by atoms with Crippen LogP contribution in [-0.2, 0) is 0 Å². The minimum atomic E-state index is -0.475. The minimum Gasteiger partial charge on any atom is -0.399 e. The lowest BCUT2D eigenvalue weighted by Gasteiger charge is -2.08. The first-order chi connectivity index (χ1) is 6.24. The Labute approximate surface area is 78.4 Å². The van der Waals surface area contributed by atoms with Gasteiger partial charge in [-0.15, -0.1) is 12.3 Å². The van der Waals surface area contributed by atoms with E-state index in [0.717, 1.165) is 5.56 Å². The van der Waals surface area contributed by atoms with Crippen LogP contribution < -0.4 is 5.73 Å². The Balaban J connectivity index is 2.62. The highest BCUT2D eigenvalue weighted by Gasteiger charge is 2.05. The zero-order valence-corrected chi connectivity index (χ0v) is 7.40. The van der Waals surface area contributed by atoms with E-state index in [0.29, 0.717) is 18.5 Å². The van der Waals surface area contributed by atoms with Gasteiger partial charge in [-0.05, 0) is 24.1 Å². The molecule has 2 nitrogen and oxygen atoms in total. The minimum absolute atomic E-state index is 0.475. The molecule has 0 aliphatic heterocycles. The van der Waals surface area contributed by atoms with Crippen LogP contribution in [0, 0.1) is 12.3 Å². The molecule has 3 N–H and O–H groups in total. The Kier molecular flexibility index (Phi) is 3.36. The topological polar surface area (TPSA) is 46.2 Å². The molecule has 0 fully saturated rings. The predicted octanol–water partition coefficient (Wildman–Crippen LogP) is 1.72. The van der Waals surface area contributed by atoms with Crippen LogP contribution in [0.5, 0.6) is 0 Å². The van der Waals surface area contributed by atoms with E-state index in [1.807, 2.05) is 12.1 Å². The summed E-state index contributed by atoms with van der Waals surface area (Å²) in [6, 6.07) is 7.18. The average molecular weight is 175 g/mol. The number of rotatable bonds is 3. The van der Waals surface area contributed by atoms with Crippen molar-refractivity contribution in [1.82, 2.24) is 0 Å². The molecule has 1 unspecified atom stereocenters. The first kappa shape index (κ1) is 9.63. The molecule has 0 saturated carbocycles. The van der Waals surface area contributed by atoms with Crippen LogP contribution in [0.2, 0.25) is 0 Å². The number of terminal acetylenes is 1. The lowest BCUT2D eigenvalue weighted by Crippen LogP contribution is -1.97. The maximum Gasteiger partial charge on any atom is 0.0799 e. The number of anilines is 1. The second-order valence-corrected chi connectivity index (χ2v) is 2.93. The second kappa shape index (κ2) is 4.54. The van der Waals surface area contributed by atoms with E-state index in [1.54, 1.807) is 12.1 Å². The first-order valence-electron chi connectivity index (χ1n) is 4.21. The van der Waals surface area contributed by atoms with Gasteiger partial charge < -0.3 is 10.8 Å². The molecule has 0 aliphatic rings. The second-order valence-electron chi connectivity index (χ2n) is 2.93. The summed E-state index contributed by atoms with van der Waals surface area (Å²) in [6.45, 7) is 0. The monoisotopic (exact) mass is 175 g/mol. The van der Waals surface area contributed by atoms with Crippen LogP contribution in [0.1, 0.15) is 24.5 Å². The maximum absolute atomic E-state index is 9.61. The van der Waals surface area contributed by atoms with Gasteiger partial charge in [-0.25, -0.2) is 0 Å². The number of aliphatic hydroxyl groups excluding tert-OH is 1. The summed E-state index contributed by atoms with van der Waals surface area (Å²) in [5, 5.41) is 9.61. The van der Waals surface area contributed by atoms with Crippen LogP contribution in [0.3, 0.4) is 0 Å². The Bertz CT molecular complexity index is 297. The van der Waals surface area contributed by atoms with E-state index < -0.39 is 6.10 Å². The fourth-order valence-electron chi connectivity index (χ4n) is 1.10. The fraction of sp³-hybridized carbons (Fsp3) is 0.273. The molecule has 68 valence electrons. The van der Waals surface area contributed by atoms with Gasteiger partial charge in [0.15, 0.2) is 0 Å². The third-order valence-electron chi connectivity index (χ3n) is 1.88. The summed E-state index contributed by atoms with van der Waals surface area (Å²) in [5.74, 6) is 2.50. The van der Waals surface area contributed by atoms with Crippen LogP contribution in [0.15, 0.2) is 24.3 Å². The van der Waals surface area contributed by atoms with Gasteiger partial charge in [0.1, 0.15) is 0 Å². The number of nitrogen functional groups attached to an aromatic ring is 1. The van der Waals surface area contributed by atoms with E-state index in [1.165, 1.54) is 0 Å². The summed E-state index contributed by atoms with van der Waals surface area (Å²) < 4.78 is 0. The highest BCUT2D eigenvalue weighted by Crippen LogP contribution is 2.18. The normalized spacial score (nSPS) is 12.0. The van der Waals surface area contributed by atoms with Gasteiger partial charge in [0, 0.05) is 12.1 Å². The van der Waals surface area contributed by atoms with Gasteiger partial charge in [0.05, 0.1) is 6.10 Å². The molecule has 0 aliphatic carbocycles. The van der Waals surface area contributed by atoms with Crippen LogP contribution in [0.25, 0.3) is 0 Å². The van der Waals surface area contributed by atoms with Gasteiger partial charge in [-0.2, -0.15) is 0 Å². The lowest BCUT2D eigenvalue weighted by molar-refractivity contribution is 0.169. The highest BCUT2D eigenvalue weighted by atomic mass is 16.3. The summed E-state index contributed by atoms with van der Waals surface area (Å²) in [5.41, 5.74) is 7.08. The van der Waals surface area contributed by atoms with Gasteiger partial charge in [0.25, 0.3) is 0 Å². The quantitative estimate of drug-likeness (QED) is 0.542. The summed E-state index contributed by atoms with van der Waals surface area (Å²) in [6.07, 6.45) is 5.81. The van der Waals surface area contributed by atoms with Crippen molar-refractivity contribution < 1.29 is 5.11 Å². The Morgan fingerprint density at radius 3 is 2.54 bits per heavy atom. The highest BCUT2D eigenvalue weighted by molar-refractivity contribution is 5.39. The third-order valence-corrected chi connectivity index (χ3v) is 1.88. The number of hydrogen-bond donors (Lipinski definition) is 2. The van der Waals surface area contributed by atoms with Gasteiger partial charge in [-0.3, -0.25) is 0 Å². The van der Waals surface area contributed by atoms with Crippen molar-refractivity contribution in [1.29, 1.82) is 0 Å². The molecule has 0 heterocycles. The predicted molar refractivity (Wildman–Crippen MR) is 53.9 cm³/mol. The van der Waals surface area contributed by atoms with Gasteiger partial charge in [0.2, 0.25) is 0 Å². The lowest BCUT2D eigenvalue weighted by atomic mass is 10.1. The molecule has 0 spiro atoms. The molecule has 0 bridgehead atoms. The molecule has 0 aromatic heterocycles. The summed E-state index contributed by atoms with van der Waals surface area (Å²) in [7, 11) is 0. The molecular formula is C11H13NO. The molecule has 1 rings (SSSR count). The smallest absolute Gasteiger partial charge is 0.0799 e. The van der Waals surface area contributed by atoms with Gasteiger partial charge >= 0.3 is 0 Å². The SMILES string of the molecule is C#CCCC(O)c1ccc(N)cc1. The summed E-state index contributed by atoms with van der Waals surface area (Å²) in [4.78, 5) is 0. The van der Waals surface area contributed by atoms with E-state index in [2.05, 4.69) is 5.92 Å². The molecule has 1 atom stereocenters. The third kappa shape index (κ3) is 2.81. The van der Waals surface area contributed by atoms with Crippen LogP contribution in [0.4, 0.5) is 5.69 Å². The van der Waals surface area contributed by atoms with E-state index in [4.69, 9.17) is 12.2 Å². The molecule has 1 aromatic rings. The van der Waals surface area contributed by atoms with Crippen molar-refractivity contribution >= 4 is 5.69 Å². The van der Waals surface area contributed by atoms with Crippen molar-refractivity contribution in [3.63, 3.8) is 0 Å². The average Bonchev–Trinajstić information content (AvgIpc) is 2.15. The number of benzene rings is 1. The zero-order valence-electron chi connectivity index (χ0n) is 7.40. The van der Waals surface area contributed by atoms with Crippen molar-refractivity contribution in [2.24, 2.45) is 0 Å². The van der Waals surface area contributed by atoms with Crippen LogP contribution in [-0.4, -0.2) is 5.11 Å². The number of nitrogens with two attached hydrogens (primary N) is 1. The van der Waals surface area contributed by atoms with Crippen molar-refractivity contribution in [3.05, 3.63) is 29.8 Å². The van der Waals surface area contributed by atoms with Gasteiger partial charge in [-0.1, -0.05) is 12.1 Å². The summed E-state index contributed by atoms with van der Waals surface area (Å²) >= 11 is 0. The zero-order chi connectivity index (χ0) is 9.68.